The van der Waals surface area contributed by atoms with Crippen molar-refractivity contribution in [2.24, 2.45) is 0 Å². The van der Waals surface area contributed by atoms with E-state index in [-0.39, 0.29) is 28.6 Å². The molecule has 0 unspecified atom stereocenters. The number of benzene rings is 3. The molecule has 162 valence electrons. The monoisotopic (exact) mass is 507 g/mol. The van der Waals surface area contributed by atoms with Gasteiger partial charge in [0.1, 0.15) is 5.82 Å². The first-order chi connectivity index (χ1) is 15.2. The van der Waals surface area contributed by atoms with Crippen molar-refractivity contribution < 1.29 is 30.7 Å². The van der Waals surface area contributed by atoms with E-state index in [4.69, 9.17) is 0 Å². The molecular weight excluding hydrogens is 485 g/mol. The zero-order valence-corrected chi connectivity index (χ0v) is 20.0. The molecule has 1 aromatic heterocycles. The highest BCUT2D eigenvalue weighted by atomic mass is 79.9. The summed E-state index contributed by atoms with van der Waals surface area (Å²) in [5.74, 6) is 0.860. The van der Waals surface area contributed by atoms with E-state index in [2.05, 4.69) is 36.4 Å². The van der Waals surface area contributed by atoms with Crippen molar-refractivity contribution >= 4 is 28.3 Å². The third-order valence-corrected chi connectivity index (χ3v) is 6.95. The predicted molar refractivity (Wildman–Crippen MR) is 123 cm³/mol. The lowest BCUT2D eigenvalue weighted by atomic mass is 9.97. The highest BCUT2D eigenvalue weighted by Crippen LogP contribution is 2.32. The number of thioether (sulfide) groups is 1. The molecule has 5 rings (SSSR count). The van der Waals surface area contributed by atoms with Crippen LogP contribution in [0.5, 0.6) is 0 Å². The number of aromatic nitrogens is 1. The molecular formula is C27H23BrFNOS. The van der Waals surface area contributed by atoms with Gasteiger partial charge in [-0.25, -0.2) is 4.39 Å². The van der Waals surface area contributed by atoms with Crippen LogP contribution in [0, 0.1) is 5.82 Å². The van der Waals surface area contributed by atoms with Crippen molar-refractivity contribution in [2.45, 2.75) is 30.7 Å². The Morgan fingerprint density at radius 1 is 0.906 bits per heavy atom. The Hall–Kier alpha value is -2.50. The molecule has 0 bridgehead atoms. The maximum Gasteiger partial charge on any atom is 0.228 e. The SMILES string of the molecule is O=C(C[n+]1ccc(CCSc2ccc(F)cc2)cc1)c1ccc2c3c(cccc13)CC2.[Br-]. The Morgan fingerprint density at radius 3 is 2.38 bits per heavy atom. The first-order valence-corrected chi connectivity index (χ1v) is 11.6. The maximum absolute atomic E-state index is 13.1. The van der Waals surface area contributed by atoms with Crippen molar-refractivity contribution in [3.8, 4) is 0 Å². The van der Waals surface area contributed by atoms with Gasteiger partial charge in [0.2, 0.25) is 12.3 Å². The van der Waals surface area contributed by atoms with Gasteiger partial charge in [-0.2, -0.15) is 4.57 Å². The van der Waals surface area contributed by atoms with Crippen molar-refractivity contribution in [2.75, 3.05) is 5.75 Å². The Kier molecular flexibility index (Phi) is 7.07. The van der Waals surface area contributed by atoms with Crippen LogP contribution in [0.1, 0.15) is 27.0 Å². The van der Waals surface area contributed by atoms with Crippen molar-refractivity contribution in [3.05, 3.63) is 107 Å². The minimum atomic E-state index is -0.205. The zero-order valence-electron chi connectivity index (χ0n) is 17.6. The number of nitrogens with zero attached hydrogens (tertiary/aromatic N) is 1. The molecule has 1 aliphatic rings. The van der Waals surface area contributed by atoms with Gasteiger partial charge in [0.25, 0.3) is 0 Å². The van der Waals surface area contributed by atoms with E-state index < -0.39 is 0 Å². The minimum Gasteiger partial charge on any atom is -1.00 e. The second-order valence-electron chi connectivity index (χ2n) is 7.97. The lowest BCUT2D eigenvalue weighted by Crippen LogP contribution is -3.00. The summed E-state index contributed by atoms with van der Waals surface area (Å²) in [5.41, 5.74) is 4.76. The lowest BCUT2D eigenvalue weighted by molar-refractivity contribution is -0.683. The second kappa shape index (κ2) is 9.97. The summed E-state index contributed by atoms with van der Waals surface area (Å²) >= 11 is 1.72. The fourth-order valence-corrected chi connectivity index (χ4v) is 5.22. The van der Waals surface area contributed by atoms with E-state index >= 15 is 0 Å². The average molecular weight is 508 g/mol. The third-order valence-electron chi connectivity index (χ3n) is 5.94. The number of pyridine rings is 1. The first kappa shape index (κ1) is 22.7. The molecule has 0 N–H and O–H groups in total. The highest BCUT2D eigenvalue weighted by Gasteiger charge is 2.20. The van der Waals surface area contributed by atoms with E-state index in [1.807, 2.05) is 35.2 Å². The Labute approximate surface area is 202 Å². The molecule has 0 amide bonds. The lowest BCUT2D eigenvalue weighted by Gasteiger charge is -2.07. The third kappa shape index (κ3) is 4.79. The Balaban J connectivity index is 0.00000245. The summed E-state index contributed by atoms with van der Waals surface area (Å²) in [5, 5.41) is 2.37. The molecule has 5 heteroatoms. The number of carbonyl (C=O) groups is 1. The van der Waals surface area contributed by atoms with Crippen LogP contribution in [0.3, 0.4) is 0 Å². The molecule has 2 nitrogen and oxygen atoms in total. The van der Waals surface area contributed by atoms with Gasteiger partial charge in [-0.05, 0) is 71.0 Å². The smallest absolute Gasteiger partial charge is 0.228 e. The van der Waals surface area contributed by atoms with Gasteiger partial charge in [0.05, 0.1) is 0 Å². The van der Waals surface area contributed by atoms with Gasteiger partial charge in [-0.1, -0.05) is 30.3 Å². The molecule has 1 heterocycles. The van der Waals surface area contributed by atoms with Gasteiger partial charge in [-0.15, -0.1) is 11.8 Å². The van der Waals surface area contributed by atoms with E-state index in [0.29, 0.717) is 6.54 Å². The van der Waals surface area contributed by atoms with E-state index in [1.165, 1.54) is 34.2 Å². The number of hydrogen-bond acceptors (Lipinski definition) is 2. The predicted octanol–water partition coefficient (Wildman–Crippen LogP) is 2.59. The molecule has 0 aliphatic heterocycles. The van der Waals surface area contributed by atoms with E-state index in [0.717, 1.165) is 40.9 Å². The standard InChI is InChI=1S/C27H23FNOS.BrH/c28-22-7-9-23(10-8-22)31-17-14-19-12-15-29(16-13-19)18-26(30)24-11-6-21-5-4-20-2-1-3-25(24)27(20)21;/h1-3,6-13,15-16H,4-5,14,17-18H2;1H/q+1;/p-1. The van der Waals surface area contributed by atoms with Crippen LogP contribution in [-0.2, 0) is 25.8 Å². The molecule has 0 atom stereocenters. The number of aryl methyl sites for hydroxylation is 3. The van der Waals surface area contributed by atoms with Crippen LogP contribution in [0.15, 0.2) is 84.0 Å². The van der Waals surface area contributed by atoms with Gasteiger partial charge in [0, 0.05) is 28.3 Å². The van der Waals surface area contributed by atoms with E-state index in [9.17, 15) is 9.18 Å². The molecule has 3 aromatic carbocycles. The quantitative estimate of drug-likeness (QED) is 0.218. The van der Waals surface area contributed by atoms with Crippen molar-refractivity contribution in [1.29, 1.82) is 0 Å². The number of carbonyl (C=O) groups excluding carboxylic acids is 1. The van der Waals surface area contributed by atoms with Crippen LogP contribution in [0.4, 0.5) is 4.39 Å². The summed E-state index contributed by atoms with van der Waals surface area (Å²) in [6, 6.07) is 21.2. The largest absolute Gasteiger partial charge is 1.00 e. The summed E-state index contributed by atoms with van der Waals surface area (Å²) < 4.78 is 14.9. The molecule has 0 saturated heterocycles. The maximum atomic E-state index is 13.1. The fourth-order valence-electron chi connectivity index (χ4n) is 4.32. The van der Waals surface area contributed by atoms with Gasteiger partial charge >= 0.3 is 0 Å². The van der Waals surface area contributed by atoms with Crippen LogP contribution >= 0.6 is 11.8 Å². The molecule has 0 radical (unpaired) electrons. The van der Waals surface area contributed by atoms with Crippen LogP contribution in [0.25, 0.3) is 10.8 Å². The summed E-state index contributed by atoms with van der Waals surface area (Å²) in [4.78, 5) is 14.1. The number of rotatable bonds is 7. The zero-order chi connectivity index (χ0) is 21.2. The van der Waals surface area contributed by atoms with Crippen LogP contribution in [0.2, 0.25) is 0 Å². The second-order valence-corrected chi connectivity index (χ2v) is 9.13. The summed E-state index contributed by atoms with van der Waals surface area (Å²) in [6.45, 7) is 0.337. The van der Waals surface area contributed by atoms with Crippen molar-refractivity contribution in [1.82, 2.24) is 0 Å². The van der Waals surface area contributed by atoms with Crippen molar-refractivity contribution in [3.63, 3.8) is 0 Å². The summed E-state index contributed by atoms with van der Waals surface area (Å²) in [7, 11) is 0. The first-order valence-electron chi connectivity index (χ1n) is 10.6. The number of hydrogen-bond donors (Lipinski definition) is 0. The molecule has 0 spiro atoms. The normalized spacial score (nSPS) is 12.0. The highest BCUT2D eigenvalue weighted by molar-refractivity contribution is 7.99. The van der Waals surface area contributed by atoms with Gasteiger partial charge < -0.3 is 17.0 Å². The fraction of sp³-hybridized carbons (Fsp3) is 0.185. The summed E-state index contributed by atoms with van der Waals surface area (Å²) in [6.07, 6.45) is 7.03. The molecule has 4 aromatic rings. The molecule has 0 fully saturated rings. The number of halogens is 2. The molecule has 32 heavy (non-hydrogen) atoms. The Bertz CT molecular complexity index is 1250. The average Bonchev–Trinajstić information content (AvgIpc) is 3.21. The van der Waals surface area contributed by atoms with E-state index in [1.54, 1.807) is 11.8 Å². The molecule has 1 aliphatic carbocycles. The van der Waals surface area contributed by atoms with Crippen LogP contribution < -0.4 is 21.5 Å². The number of ketones is 1. The van der Waals surface area contributed by atoms with Gasteiger partial charge in [0.15, 0.2) is 12.4 Å². The van der Waals surface area contributed by atoms with Gasteiger partial charge in [-0.3, -0.25) is 4.79 Å². The topological polar surface area (TPSA) is 20.9 Å². The minimum absolute atomic E-state index is 0. The van der Waals surface area contributed by atoms with Crippen LogP contribution in [-0.4, -0.2) is 11.5 Å². The number of Topliss-reactive ketones (excluding diaryl/α,β-unsaturated/α-hetero) is 1. The molecule has 0 saturated carbocycles. The Morgan fingerprint density at radius 2 is 1.62 bits per heavy atom.